The van der Waals surface area contributed by atoms with Crippen LogP contribution in [0.15, 0.2) is 10.2 Å². The lowest BCUT2D eigenvalue weighted by molar-refractivity contribution is -0.151. The standard InChI is InChI=1S/C16H30N2O4/c1-10(2)12(11(3)4)16(7,14(20)22-9)18-17-15(5,6)13(19)21-8/h10-12H,1-9H3. The normalized spacial score (nSPS) is 15.5. The Morgan fingerprint density at radius 3 is 1.55 bits per heavy atom. The summed E-state index contributed by atoms with van der Waals surface area (Å²) in [6.45, 7) is 13.0. The van der Waals surface area contributed by atoms with E-state index < -0.39 is 23.0 Å². The number of hydrogen-bond acceptors (Lipinski definition) is 6. The largest absolute Gasteiger partial charge is 0.467 e. The van der Waals surface area contributed by atoms with E-state index >= 15 is 0 Å². The van der Waals surface area contributed by atoms with Crippen molar-refractivity contribution in [3.63, 3.8) is 0 Å². The third-order valence-corrected chi connectivity index (χ3v) is 3.88. The van der Waals surface area contributed by atoms with Gasteiger partial charge >= 0.3 is 11.9 Å². The van der Waals surface area contributed by atoms with Crippen molar-refractivity contribution in [2.75, 3.05) is 14.2 Å². The van der Waals surface area contributed by atoms with Gasteiger partial charge in [0, 0.05) is 5.92 Å². The number of methoxy groups -OCH3 is 2. The first-order valence-electron chi connectivity index (χ1n) is 7.54. The van der Waals surface area contributed by atoms with Crippen molar-refractivity contribution in [2.45, 2.75) is 59.5 Å². The van der Waals surface area contributed by atoms with E-state index in [1.807, 2.05) is 27.7 Å². The molecule has 0 saturated heterocycles. The van der Waals surface area contributed by atoms with Gasteiger partial charge in [-0.1, -0.05) is 27.7 Å². The molecule has 0 aromatic carbocycles. The van der Waals surface area contributed by atoms with E-state index in [1.165, 1.54) is 14.2 Å². The fourth-order valence-electron chi connectivity index (χ4n) is 3.04. The molecule has 128 valence electrons. The van der Waals surface area contributed by atoms with Crippen molar-refractivity contribution in [2.24, 2.45) is 28.0 Å². The molecule has 0 saturated carbocycles. The van der Waals surface area contributed by atoms with E-state index in [9.17, 15) is 9.59 Å². The van der Waals surface area contributed by atoms with Crippen LogP contribution in [0.25, 0.3) is 0 Å². The van der Waals surface area contributed by atoms with Crippen LogP contribution in [0, 0.1) is 17.8 Å². The minimum Gasteiger partial charge on any atom is -0.467 e. The van der Waals surface area contributed by atoms with Crippen LogP contribution in [0.4, 0.5) is 0 Å². The molecule has 1 atom stereocenters. The van der Waals surface area contributed by atoms with Gasteiger partial charge < -0.3 is 9.47 Å². The Hall–Kier alpha value is -1.46. The maximum Gasteiger partial charge on any atom is 0.335 e. The van der Waals surface area contributed by atoms with Crippen molar-refractivity contribution in [1.29, 1.82) is 0 Å². The third-order valence-electron chi connectivity index (χ3n) is 3.88. The minimum absolute atomic E-state index is 0.0721. The van der Waals surface area contributed by atoms with Gasteiger partial charge in [-0.2, -0.15) is 10.2 Å². The van der Waals surface area contributed by atoms with Crippen LogP contribution in [0.1, 0.15) is 48.5 Å². The van der Waals surface area contributed by atoms with Gasteiger partial charge in [-0.25, -0.2) is 9.59 Å². The summed E-state index contributed by atoms with van der Waals surface area (Å²) >= 11 is 0. The summed E-state index contributed by atoms with van der Waals surface area (Å²) in [6.07, 6.45) is 0. The molecule has 6 heteroatoms. The fourth-order valence-corrected chi connectivity index (χ4v) is 3.04. The second-order valence-electron chi connectivity index (χ2n) is 6.90. The zero-order valence-electron chi connectivity index (χ0n) is 15.3. The average Bonchev–Trinajstić information content (AvgIpc) is 2.42. The maximum absolute atomic E-state index is 12.3. The Morgan fingerprint density at radius 1 is 0.818 bits per heavy atom. The Balaban J connectivity index is 5.83. The monoisotopic (exact) mass is 314 g/mol. The molecule has 0 spiro atoms. The molecule has 0 radical (unpaired) electrons. The Bertz CT molecular complexity index is 422. The molecule has 0 fully saturated rings. The molecule has 0 amide bonds. The molecule has 6 nitrogen and oxygen atoms in total. The predicted octanol–water partition coefficient (Wildman–Crippen LogP) is 3.25. The van der Waals surface area contributed by atoms with Crippen LogP contribution in [-0.4, -0.2) is 37.2 Å². The number of ether oxygens (including phenoxy) is 2. The van der Waals surface area contributed by atoms with Gasteiger partial charge in [0.2, 0.25) is 0 Å². The van der Waals surface area contributed by atoms with Crippen LogP contribution in [0.5, 0.6) is 0 Å². The highest BCUT2D eigenvalue weighted by atomic mass is 16.5. The van der Waals surface area contributed by atoms with Crippen LogP contribution < -0.4 is 0 Å². The summed E-state index contributed by atoms with van der Waals surface area (Å²) in [5, 5.41) is 8.36. The smallest absolute Gasteiger partial charge is 0.335 e. The van der Waals surface area contributed by atoms with Gasteiger partial charge in [0.1, 0.15) is 0 Å². The number of esters is 2. The Kier molecular flexibility index (Phi) is 7.19. The lowest BCUT2D eigenvalue weighted by Crippen LogP contribution is -2.47. The Morgan fingerprint density at radius 2 is 1.23 bits per heavy atom. The van der Waals surface area contributed by atoms with Crippen molar-refractivity contribution >= 4 is 11.9 Å². The molecule has 0 rings (SSSR count). The lowest BCUT2D eigenvalue weighted by atomic mass is 9.72. The van der Waals surface area contributed by atoms with E-state index in [4.69, 9.17) is 9.47 Å². The average molecular weight is 314 g/mol. The van der Waals surface area contributed by atoms with Crippen LogP contribution in [0.3, 0.4) is 0 Å². The molecule has 0 N–H and O–H groups in total. The molecule has 0 aromatic rings. The van der Waals surface area contributed by atoms with E-state index in [1.54, 1.807) is 20.8 Å². The van der Waals surface area contributed by atoms with E-state index in [0.29, 0.717) is 0 Å². The first kappa shape index (κ1) is 20.5. The van der Waals surface area contributed by atoms with Crippen molar-refractivity contribution in [1.82, 2.24) is 0 Å². The molecule has 22 heavy (non-hydrogen) atoms. The molecule has 0 aliphatic carbocycles. The lowest BCUT2D eigenvalue weighted by Gasteiger charge is -2.36. The molecule has 0 aliphatic rings. The maximum atomic E-state index is 12.3. The second kappa shape index (κ2) is 7.70. The van der Waals surface area contributed by atoms with Crippen molar-refractivity contribution in [3.8, 4) is 0 Å². The highest BCUT2D eigenvalue weighted by Gasteiger charge is 2.46. The molecule has 1 unspecified atom stereocenters. The topological polar surface area (TPSA) is 77.3 Å². The molecule has 0 bridgehead atoms. The van der Waals surface area contributed by atoms with Gasteiger partial charge in [0.05, 0.1) is 14.2 Å². The highest BCUT2D eigenvalue weighted by Crippen LogP contribution is 2.36. The molecular weight excluding hydrogens is 284 g/mol. The number of azo groups is 1. The second-order valence-corrected chi connectivity index (χ2v) is 6.90. The number of nitrogens with zero attached hydrogens (tertiary/aromatic N) is 2. The Labute approximate surface area is 133 Å². The number of rotatable bonds is 7. The third kappa shape index (κ3) is 4.52. The summed E-state index contributed by atoms with van der Waals surface area (Å²) in [5.41, 5.74) is -2.30. The van der Waals surface area contributed by atoms with Crippen LogP contribution in [-0.2, 0) is 19.1 Å². The van der Waals surface area contributed by atoms with Gasteiger partial charge in [0.25, 0.3) is 0 Å². The van der Waals surface area contributed by atoms with Crippen LogP contribution >= 0.6 is 0 Å². The van der Waals surface area contributed by atoms with Crippen LogP contribution in [0.2, 0.25) is 0 Å². The molecule has 0 aromatic heterocycles. The summed E-state index contributed by atoms with van der Waals surface area (Å²) < 4.78 is 9.65. The predicted molar refractivity (Wildman–Crippen MR) is 84.5 cm³/mol. The SMILES string of the molecule is COC(=O)C(C)(C)N=NC(C)(C(=O)OC)C(C(C)C)C(C)C. The summed E-state index contributed by atoms with van der Waals surface area (Å²) in [6, 6.07) is 0. The van der Waals surface area contributed by atoms with Gasteiger partial charge in [-0.05, 0) is 32.6 Å². The molecule has 0 heterocycles. The first-order chi connectivity index (χ1) is 9.93. The van der Waals surface area contributed by atoms with Gasteiger partial charge in [-0.3, -0.25) is 0 Å². The quantitative estimate of drug-likeness (QED) is 0.534. The zero-order valence-corrected chi connectivity index (χ0v) is 15.3. The number of hydrogen-bond donors (Lipinski definition) is 0. The minimum atomic E-state index is -1.15. The van der Waals surface area contributed by atoms with Crippen molar-refractivity contribution in [3.05, 3.63) is 0 Å². The van der Waals surface area contributed by atoms with E-state index in [0.717, 1.165) is 0 Å². The van der Waals surface area contributed by atoms with Crippen molar-refractivity contribution < 1.29 is 19.1 Å². The van der Waals surface area contributed by atoms with E-state index in [-0.39, 0.29) is 17.8 Å². The fraction of sp³-hybridized carbons (Fsp3) is 0.875. The number of carbonyl (C=O) groups excluding carboxylic acids is 2. The number of carbonyl (C=O) groups is 2. The summed E-state index contributed by atoms with van der Waals surface area (Å²) in [7, 11) is 2.63. The van der Waals surface area contributed by atoms with E-state index in [2.05, 4.69) is 10.2 Å². The highest BCUT2D eigenvalue weighted by molar-refractivity contribution is 5.81. The zero-order chi connectivity index (χ0) is 17.7. The summed E-state index contributed by atoms with van der Waals surface area (Å²) in [4.78, 5) is 24.1. The molecular formula is C16H30N2O4. The molecule has 0 aliphatic heterocycles. The summed E-state index contributed by atoms with van der Waals surface area (Å²) in [5.74, 6) is -0.635. The van der Waals surface area contributed by atoms with Gasteiger partial charge in [0.15, 0.2) is 11.1 Å². The first-order valence-corrected chi connectivity index (χ1v) is 7.54. The van der Waals surface area contributed by atoms with Gasteiger partial charge in [-0.15, -0.1) is 0 Å².